The monoisotopic (exact) mass is 235 g/mol. The molecule has 1 atom stereocenters. The molecule has 17 heavy (non-hydrogen) atoms. The van der Waals surface area contributed by atoms with E-state index in [1.54, 1.807) is 17.0 Å². The van der Waals surface area contributed by atoms with Crippen molar-refractivity contribution in [1.82, 2.24) is 0 Å². The molecule has 0 aromatic heterocycles. The second-order valence-electron chi connectivity index (χ2n) is 4.09. The third kappa shape index (κ3) is 2.38. The molecule has 2 N–H and O–H groups in total. The van der Waals surface area contributed by atoms with Gasteiger partial charge in [-0.25, -0.2) is 0 Å². The number of carbonyl (C=O) groups excluding carboxylic acids is 1. The first-order valence-corrected chi connectivity index (χ1v) is 5.40. The Morgan fingerprint density at radius 2 is 2.00 bits per heavy atom. The number of aliphatic carboxylic acids is 1. The lowest BCUT2D eigenvalue weighted by Crippen LogP contribution is -2.27. The third-order valence-electron chi connectivity index (χ3n) is 2.90. The number of rotatable bonds is 3. The van der Waals surface area contributed by atoms with E-state index in [1.165, 1.54) is 12.1 Å². The predicted molar refractivity (Wildman–Crippen MR) is 60.8 cm³/mol. The van der Waals surface area contributed by atoms with Crippen molar-refractivity contribution in [2.45, 2.75) is 12.8 Å². The van der Waals surface area contributed by atoms with Gasteiger partial charge >= 0.3 is 5.97 Å². The summed E-state index contributed by atoms with van der Waals surface area (Å²) in [6, 6.07) is 6.31. The number of phenols is 1. The van der Waals surface area contributed by atoms with Gasteiger partial charge in [0.05, 0.1) is 12.3 Å². The molecule has 1 aliphatic rings. The van der Waals surface area contributed by atoms with Crippen molar-refractivity contribution in [1.29, 1.82) is 0 Å². The molecule has 1 aromatic carbocycles. The number of aromatic hydroxyl groups is 1. The number of phenolic OH excluding ortho intramolecular Hbond substituents is 1. The van der Waals surface area contributed by atoms with Crippen LogP contribution in [0.3, 0.4) is 0 Å². The van der Waals surface area contributed by atoms with Gasteiger partial charge < -0.3 is 15.1 Å². The van der Waals surface area contributed by atoms with Crippen LogP contribution in [-0.4, -0.2) is 28.6 Å². The van der Waals surface area contributed by atoms with Crippen LogP contribution in [0.2, 0.25) is 0 Å². The topological polar surface area (TPSA) is 77.8 Å². The van der Waals surface area contributed by atoms with E-state index in [0.29, 0.717) is 18.7 Å². The summed E-state index contributed by atoms with van der Waals surface area (Å²) in [5, 5.41) is 17.8. The van der Waals surface area contributed by atoms with Crippen LogP contribution in [0.4, 0.5) is 5.69 Å². The lowest BCUT2D eigenvalue weighted by molar-refractivity contribution is -0.140. The fourth-order valence-corrected chi connectivity index (χ4v) is 2.03. The van der Waals surface area contributed by atoms with Gasteiger partial charge in [0.1, 0.15) is 5.75 Å². The van der Waals surface area contributed by atoms with E-state index in [2.05, 4.69) is 0 Å². The number of nitrogens with zero attached hydrogens (tertiary/aromatic N) is 1. The van der Waals surface area contributed by atoms with Crippen LogP contribution in [0.1, 0.15) is 12.8 Å². The van der Waals surface area contributed by atoms with Crippen molar-refractivity contribution in [3.8, 4) is 5.75 Å². The van der Waals surface area contributed by atoms with Gasteiger partial charge in [-0.05, 0) is 30.7 Å². The minimum Gasteiger partial charge on any atom is -0.508 e. The van der Waals surface area contributed by atoms with Gasteiger partial charge in [0.25, 0.3) is 0 Å². The third-order valence-corrected chi connectivity index (χ3v) is 2.90. The Hall–Kier alpha value is -2.04. The fraction of sp³-hybridized carbons (Fsp3) is 0.333. The van der Waals surface area contributed by atoms with Gasteiger partial charge in [-0.2, -0.15) is 0 Å². The molecular weight excluding hydrogens is 222 g/mol. The van der Waals surface area contributed by atoms with Gasteiger partial charge in [-0.3, -0.25) is 9.59 Å². The lowest BCUT2D eigenvalue weighted by atomic mass is 10.0. The normalized spacial score (nSPS) is 19.6. The second-order valence-corrected chi connectivity index (χ2v) is 4.09. The molecule has 0 aliphatic carbocycles. The van der Waals surface area contributed by atoms with Crippen molar-refractivity contribution in [2.24, 2.45) is 5.92 Å². The Balaban J connectivity index is 2.12. The molecule has 5 heteroatoms. The number of hydrogen-bond donors (Lipinski definition) is 2. The van der Waals surface area contributed by atoms with Crippen LogP contribution >= 0.6 is 0 Å². The van der Waals surface area contributed by atoms with Gasteiger partial charge in [0.15, 0.2) is 0 Å². The van der Waals surface area contributed by atoms with E-state index < -0.39 is 11.9 Å². The van der Waals surface area contributed by atoms with Crippen molar-refractivity contribution < 1.29 is 19.8 Å². The van der Waals surface area contributed by atoms with Crippen LogP contribution in [0.15, 0.2) is 24.3 Å². The van der Waals surface area contributed by atoms with Crippen LogP contribution in [0, 0.1) is 5.92 Å². The molecule has 1 heterocycles. The fourth-order valence-electron chi connectivity index (χ4n) is 2.03. The van der Waals surface area contributed by atoms with Crippen LogP contribution in [0.5, 0.6) is 5.75 Å². The maximum Gasteiger partial charge on any atom is 0.304 e. The highest BCUT2D eigenvalue weighted by Crippen LogP contribution is 2.28. The summed E-state index contributed by atoms with van der Waals surface area (Å²) in [6.07, 6.45) is 0.444. The summed E-state index contributed by atoms with van der Waals surface area (Å²) in [7, 11) is 0. The summed E-state index contributed by atoms with van der Waals surface area (Å²) < 4.78 is 0. The molecule has 1 saturated heterocycles. The second kappa shape index (κ2) is 4.45. The quantitative estimate of drug-likeness (QED) is 0.825. The van der Waals surface area contributed by atoms with Crippen LogP contribution in [0.25, 0.3) is 0 Å². The zero-order chi connectivity index (χ0) is 12.4. The Bertz CT molecular complexity index is 440. The molecule has 0 radical (unpaired) electrons. The molecule has 1 unspecified atom stereocenters. The zero-order valence-electron chi connectivity index (χ0n) is 9.17. The van der Waals surface area contributed by atoms with E-state index >= 15 is 0 Å². The standard InChI is InChI=1S/C12H13NO4/c14-10-3-1-9(2-4-10)13-6-5-8(12(13)17)7-11(15)16/h1-4,8,14H,5-7H2,(H,15,16). The average Bonchev–Trinajstić information content (AvgIpc) is 2.61. The van der Waals surface area contributed by atoms with E-state index in [9.17, 15) is 9.59 Å². The molecule has 5 nitrogen and oxygen atoms in total. The van der Waals surface area contributed by atoms with Crippen molar-refractivity contribution in [3.63, 3.8) is 0 Å². The molecule has 2 rings (SSSR count). The first-order valence-electron chi connectivity index (χ1n) is 5.40. The Morgan fingerprint density at radius 1 is 1.35 bits per heavy atom. The first kappa shape index (κ1) is 11.4. The van der Waals surface area contributed by atoms with Crippen LogP contribution in [-0.2, 0) is 9.59 Å². The first-order chi connectivity index (χ1) is 8.08. The van der Waals surface area contributed by atoms with Gasteiger partial charge in [0.2, 0.25) is 5.91 Å². The summed E-state index contributed by atoms with van der Waals surface area (Å²) in [5.41, 5.74) is 0.695. The average molecular weight is 235 g/mol. The number of benzene rings is 1. The highest BCUT2D eigenvalue weighted by atomic mass is 16.4. The maximum atomic E-state index is 11.9. The molecular formula is C12H13NO4. The largest absolute Gasteiger partial charge is 0.508 e. The highest BCUT2D eigenvalue weighted by molar-refractivity contribution is 5.98. The minimum atomic E-state index is -0.948. The molecule has 1 aliphatic heterocycles. The highest BCUT2D eigenvalue weighted by Gasteiger charge is 2.33. The molecule has 0 spiro atoms. The minimum absolute atomic E-state index is 0.118. The Labute approximate surface area is 98.3 Å². The molecule has 1 fully saturated rings. The lowest BCUT2D eigenvalue weighted by Gasteiger charge is -2.16. The summed E-state index contributed by atoms with van der Waals surface area (Å²) in [5.74, 6) is -1.39. The van der Waals surface area contributed by atoms with Gasteiger partial charge in [-0.15, -0.1) is 0 Å². The molecule has 1 aromatic rings. The maximum absolute atomic E-state index is 11.9. The molecule has 1 amide bonds. The summed E-state index contributed by atoms with van der Waals surface area (Å²) in [6.45, 7) is 0.529. The SMILES string of the molecule is O=C(O)CC1CCN(c2ccc(O)cc2)C1=O. The Morgan fingerprint density at radius 3 is 2.59 bits per heavy atom. The molecule has 0 bridgehead atoms. The smallest absolute Gasteiger partial charge is 0.304 e. The number of carboxylic acids is 1. The van der Waals surface area contributed by atoms with E-state index in [-0.39, 0.29) is 18.1 Å². The predicted octanol–water partition coefficient (Wildman–Crippen LogP) is 1.22. The number of carboxylic acid groups (broad SMARTS) is 1. The van der Waals surface area contributed by atoms with E-state index in [4.69, 9.17) is 10.2 Å². The molecule has 90 valence electrons. The Kier molecular flexibility index (Phi) is 2.99. The molecule has 0 saturated carbocycles. The van der Waals surface area contributed by atoms with E-state index in [1.807, 2.05) is 0 Å². The van der Waals surface area contributed by atoms with Crippen molar-refractivity contribution >= 4 is 17.6 Å². The van der Waals surface area contributed by atoms with Crippen LogP contribution < -0.4 is 4.90 Å². The number of carbonyl (C=O) groups is 2. The van der Waals surface area contributed by atoms with Crippen molar-refractivity contribution in [3.05, 3.63) is 24.3 Å². The number of hydrogen-bond acceptors (Lipinski definition) is 3. The van der Waals surface area contributed by atoms with Gasteiger partial charge in [-0.1, -0.05) is 0 Å². The van der Waals surface area contributed by atoms with E-state index in [0.717, 1.165) is 0 Å². The summed E-state index contributed by atoms with van der Waals surface area (Å²) in [4.78, 5) is 24.1. The van der Waals surface area contributed by atoms with Crippen molar-refractivity contribution in [2.75, 3.05) is 11.4 Å². The van der Waals surface area contributed by atoms with Gasteiger partial charge in [0, 0.05) is 12.2 Å². The zero-order valence-corrected chi connectivity index (χ0v) is 9.17. The number of amides is 1. The summed E-state index contributed by atoms with van der Waals surface area (Å²) >= 11 is 0. The number of anilines is 1.